The number of amides is 1. The summed E-state index contributed by atoms with van der Waals surface area (Å²) >= 11 is 0. The predicted molar refractivity (Wildman–Crippen MR) is 78.1 cm³/mol. The van der Waals surface area contributed by atoms with Gasteiger partial charge in [-0.2, -0.15) is 0 Å². The highest BCUT2D eigenvalue weighted by Crippen LogP contribution is 2.20. The number of carbonyl (C=O) groups is 2. The molecule has 0 aromatic heterocycles. The Morgan fingerprint density at radius 2 is 2.10 bits per heavy atom. The maximum atomic E-state index is 11.9. The second-order valence-corrected chi connectivity index (χ2v) is 5.57. The van der Waals surface area contributed by atoms with Crippen molar-refractivity contribution in [2.45, 2.75) is 64.0 Å². The lowest BCUT2D eigenvalue weighted by atomic mass is 9.89. The van der Waals surface area contributed by atoms with E-state index in [1.807, 2.05) is 13.8 Å². The average Bonchev–Trinajstić information content (AvgIpc) is 2.95. The van der Waals surface area contributed by atoms with E-state index in [0.29, 0.717) is 26.1 Å². The summed E-state index contributed by atoms with van der Waals surface area (Å²) in [5, 5.41) is 11.8. The number of hydrogen-bond acceptors (Lipinski definition) is 4. The summed E-state index contributed by atoms with van der Waals surface area (Å²) in [5.41, 5.74) is -0.655. The molecule has 0 aromatic carbocycles. The van der Waals surface area contributed by atoms with Crippen molar-refractivity contribution in [3.05, 3.63) is 0 Å². The fourth-order valence-electron chi connectivity index (χ4n) is 2.52. The van der Waals surface area contributed by atoms with Gasteiger partial charge in [-0.25, -0.2) is 0 Å². The SMILES string of the molecule is CCC(CC)(CC(=O)O)NC(=O)CCOCC1CCCO1. The molecule has 0 bridgehead atoms. The zero-order valence-electron chi connectivity index (χ0n) is 13.0. The van der Waals surface area contributed by atoms with E-state index >= 15 is 0 Å². The molecule has 0 aromatic rings. The number of carbonyl (C=O) groups excluding carboxylic acids is 1. The van der Waals surface area contributed by atoms with Crippen LogP contribution in [0, 0.1) is 0 Å². The second kappa shape index (κ2) is 9.00. The van der Waals surface area contributed by atoms with E-state index in [-0.39, 0.29) is 24.9 Å². The van der Waals surface area contributed by atoms with E-state index in [2.05, 4.69) is 5.32 Å². The molecule has 1 heterocycles. The zero-order valence-corrected chi connectivity index (χ0v) is 13.0. The van der Waals surface area contributed by atoms with Crippen molar-refractivity contribution in [3.63, 3.8) is 0 Å². The Kier molecular flexibility index (Phi) is 7.67. The van der Waals surface area contributed by atoms with Crippen LogP contribution in [0.2, 0.25) is 0 Å². The normalized spacial score (nSPS) is 18.7. The van der Waals surface area contributed by atoms with Crippen LogP contribution in [-0.2, 0) is 19.1 Å². The molecule has 1 atom stereocenters. The van der Waals surface area contributed by atoms with Gasteiger partial charge in [0.25, 0.3) is 0 Å². The van der Waals surface area contributed by atoms with Gasteiger partial charge in [0.05, 0.1) is 25.7 Å². The Bertz CT molecular complexity index is 335. The lowest BCUT2D eigenvalue weighted by Gasteiger charge is -2.31. The fourth-order valence-corrected chi connectivity index (χ4v) is 2.52. The molecule has 0 spiro atoms. The smallest absolute Gasteiger partial charge is 0.305 e. The number of carboxylic acids is 1. The first-order chi connectivity index (χ1) is 10.0. The summed E-state index contributed by atoms with van der Waals surface area (Å²) in [6.45, 7) is 5.43. The molecular formula is C15H27NO5. The highest BCUT2D eigenvalue weighted by atomic mass is 16.5. The molecule has 0 saturated carbocycles. The van der Waals surface area contributed by atoms with Crippen molar-refractivity contribution in [1.29, 1.82) is 0 Å². The minimum Gasteiger partial charge on any atom is -0.481 e. The average molecular weight is 301 g/mol. The van der Waals surface area contributed by atoms with Gasteiger partial charge in [0, 0.05) is 18.6 Å². The van der Waals surface area contributed by atoms with Gasteiger partial charge in [0.2, 0.25) is 5.91 Å². The first kappa shape index (κ1) is 17.9. The molecule has 0 aliphatic carbocycles. The van der Waals surface area contributed by atoms with E-state index in [9.17, 15) is 9.59 Å². The molecular weight excluding hydrogens is 274 g/mol. The first-order valence-electron chi connectivity index (χ1n) is 7.73. The lowest BCUT2D eigenvalue weighted by Crippen LogP contribution is -2.49. The van der Waals surface area contributed by atoms with Crippen molar-refractivity contribution in [2.24, 2.45) is 0 Å². The minimum absolute atomic E-state index is 0.0531. The Morgan fingerprint density at radius 1 is 1.38 bits per heavy atom. The van der Waals surface area contributed by atoms with Gasteiger partial charge in [-0.15, -0.1) is 0 Å². The summed E-state index contributed by atoms with van der Waals surface area (Å²) in [6.07, 6.45) is 3.62. The van der Waals surface area contributed by atoms with Gasteiger partial charge in [-0.05, 0) is 25.7 Å². The molecule has 1 unspecified atom stereocenters. The molecule has 1 saturated heterocycles. The third kappa shape index (κ3) is 6.44. The Labute approximate surface area is 126 Å². The Morgan fingerprint density at radius 3 is 2.62 bits per heavy atom. The van der Waals surface area contributed by atoms with Crippen LogP contribution in [0.5, 0.6) is 0 Å². The fraction of sp³-hybridized carbons (Fsp3) is 0.867. The van der Waals surface area contributed by atoms with Crippen molar-refractivity contribution in [3.8, 4) is 0 Å². The van der Waals surface area contributed by atoms with E-state index in [4.69, 9.17) is 14.6 Å². The third-order valence-corrected chi connectivity index (χ3v) is 4.05. The number of ether oxygens (including phenoxy) is 2. The standard InChI is InChI=1S/C15H27NO5/c1-3-15(4-2,10-14(18)19)16-13(17)7-9-20-11-12-6-5-8-21-12/h12H,3-11H2,1-2H3,(H,16,17)(H,18,19). The largest absolute Gasteiger partial charge is 0.481 e. The van der Waals surface area contributed by atoms with Crippen LogP contribution in [0.4, 0.5) is 0 Å². The number of nitrogens with one attached hydrogen (secondary N) is 1. The quantitative estimate of drug-likeness (QED) is 0.600. The molecule has 1 rings (SSSR count). The number of rotatable bonds is 10. The van der Waals surface area contributed by atoms with E-state index < -0.39 is 11.5 Å². The van der Waals surface area contributed by atoms with Crippen molar-refractivity contribution >= 4 is 11.9 Å². The lowest BCUT2D eigenvalue weighted by molar-refractivity contribution is -0.139. The maximum Gasteiger partial charge on any atom is 0.305 e. The van der Waals surface area contributed by atoms with E-state index in [1.165, 1.54) is 0 Å². The number of aliphatic carboxylic acids is 1. The molecule has 2 N–H and O–H groups in total. The van der Waals surface area contributed by atoms with Crippen molar-refractivity contribution < 1.29 is 24.2 Å². The van der Waals surface area contributed by atoms with Crippen molar-refractivity contribution in [1.82, 2.24) is 5.32 Å². The summed E-state index contributed by atoms with van der Waals surface area (Å²) in [7, 11) is 0. The number of hydrogen-bond donors (Lipinski definition) is 2. The molecule has 122 valence electrons. The van der Waals surface area contributed by atoms with Gasteiger partial charge in [0.1, 0.15) is 0 Å². The van der Waals surface area contributed by atoms with Gasteiger partial charge < -0.3 is 19.9 Å². The molecule has 6 heteroatoms. The summed E-state index contributed by atoms with van der Waals surface area (Å²) in [6, 6.07) is 0. The second-order valence-electron chi connectivity index (χ2n) is 5.57. The Hall–Kier alpha value is -1.14. The molecule has 0 radical (unpaired) electrons. The minimum atomic E-state index is -0.895. The monoisotopic (exact) mass is 301 g/mol. The molecule has 1 fully saturated rings. The van der Waals surface area contributed by atoms with Crippen LogP contribution >= 0.6 is 0 Å². The molecule has 1 aliphatic rings. The summed E-state index contributed by atoms with van der Waals surface area (Å²) in [4.78, 5) is 22.9. The summed E-state index contributed by atoms with van der Waals surface area (Å²) < 4.78 is 10.9. The third-order valence-electron chi connectivity index (χ3n) is 4.05. The van der Waals surface area contributed by atoms with Crippen LogP contribution in [0.3, 0.4) is 0 Å². The van der Waals surface area contributed by atoms with Crippen LogP contribution in [0.15, 0.2) is 0 Å². The van der Waals surface area contributed by atoms with Crippen LogP contribution in [-0.4, -0.2) is 48.4 Å². The van der Waals surface area contributed by atoms with Crippen molar-refractivity contribution in [2.75, 3.05) is 19.8 Å². The molecule has 6 nitrogen and oxygen atoms in total. The predicted octanol–water partition coefficient (Wildman–Crippen LogP) is 1.72. The van der Waals surface area contributed by atoms with Crippen LogP contribution < -0.4 is 5.32 Å². The molecule has 1 amide bonds. The topological polar surface area (TPSA) is 84.9 Å². The number of carboxylic acid groups (broad SMARTS) is 1. The van der Waals surface area contributed by atoms with E-state index in [0.717, 1.165) is 19.4 Å². The van der Waals surface area contributed by atoms with Crippen LogP contribution in [0.25, 0.3) is 0 Å². The first-order valence-corrected chi connectivity index (χ1v) is 7.73. The van der Waals surface area contributed by atoms with Crippen LogP contribution in [0.1, 0.15) is 52.4 Å². The molecule has 21 heavy (non-hydrogen) atoms. The highest BCUT2D eigenvalue weighted by molar-refractivity contribution is 5.78. The maximum absolute atomic E-state index is 11.9. The van der Waals surface area contributed by atoms with Gasteiger partial charge in [-0.3, -0.25) is 9.59 Å². The Balaban J connectivity index is 2.27. The highest BCUT2D eigenvalue weighted by Gasteiger charge is 2.30. The van der Waals surface area contributed by atoms with Gasteiger partial charge in [0.15, 0.2) is 0 Å². The van der Waals surface area contributed by atoms with Gasteiger partial charge in [-0.1, -0.05) is 13.8 Å². The van der Waals surface area contributed by atoms with E-state index in [1.54, 1.807) is 0 Å². The summed E-state index contributed by atoms with van der Waals surface area (Å²) in [5.74, 6) is -1.05. The van der Waals surface area contributed by atoms with Gasteiger partial charge >= 0.3 is 5.97 Å². The molecule has 1 aliphatic heterocycles. The zero-order chi connectivity index (χ0) is 15.7.